The summed E-state index contributed by atoms with van der Waals surface area (Å²) in [6.07, 6.45) is 3.01. The van der Waals surface area contributed by atoms with Crippen molar-refractivity contribution < 1.29 is 13.2 Å². The van der Waals surface area contributed by atoms with Gasteiger partial charge in [0, 0.05) is 12.0 Å². The number of anilines is 1. The third kappa shape index (κ3) is 4.83. The van der Waals surface area contributed by atoms with E-state index in [0.717, 1.165) is 29.0 Å². The van der Waals surface area contributed by atoms with Gasteiger partial charge in [0.15, 0.2) is 10.0 Å². The van der Waals surface area contributed by atoms with Crippen LogP contribution in [-0.2, 0) is 9.84 Å². The van der Waals surface area contributed by atoms with E-state index < -0.39 is 20.9 Å². The number of halogens is 1. The SMILES string of the molecule is CCCSc1nnc(NC(=O)c2nc(S(C)(=O)=O)ncc2Cl)s1. The Hall–Kier alpha value is -1.30. The molecule has 0 atom stereocenters. The van der Waals surface area contributed by atoms with E-state index in [1.54, 1.807) is 0 Å². The minimum absolute atomic E-state index is 0.0556. The number of carbonyl (C=O) groups excluding carboxylic acids is 1. The van der Waals surface area contributed by atoms with E-state index in [0.29, 0.717) is 0 Å². The lowest BCUT2D eigenvalue weighted by Gasteiger charge is -2.04. The van der Waals surface area contributed by atoms with Crippen LogP contribution in [0.4, 0.5) is 5.13 Å². The molecule has 0 aliphatic carbocycles. The van der Waals surface area contributed by atoms with Crippen LogP contribution in [0.1, 0.15) is 23.8 Å². The largest absolute Gasteiger partial charge is 0.295 e. The number of aromatic nitrogens is 4. The lowest BCUT2D eigenvalue weighted by Crippen LogP contribution is -2.17. The molecule has 2 aromatic heterocycles. The van der Waals surface area contributed by atoms with E-state index >= 15 is 0 Å². The molecular formula is C11H12ClN5O3S3. The second-order valence-electron chi connectivity index (χ2n) is 4.30. The molecule has 0 aromatic carbocycles. The van der Waals surface area contributed by atoms with Crippen LogP contribution >= 0.6 is 34.7 Å². The topological polar surface area (TPSA) is 115 Å². The van der Waals surface area contributed by atoms with E-state index in [-0.39, 0.29) is 15.8 Å². The summed E-state index contributed by atoms with van der Waals surface area (Å²) in [5, 5.41) is 10.0. The number of hydrogen-bond acceptors (Lipinski definition) is 9. The number of thioether (sulfide) groups is 1. The lowest BCUT2D eigenvalue weighted by atomic mass is 10.4. The van der Waals surface area contributed by atoms with E-state index in [4.69, 9.17) is 11.6 Å². The zero-order valence-corrected chi connectivity index (χ0v) is 15.3. The third-order valence-electron chi connectivity index (χ3n) is 2.33. The highest BCUT2D eigenvalue weighted by Crippen LogP contribution is 2.26. The smallest absolute Gasteiger partial charge is 0.277 e. The van der Waals surface area contributed by atoms with Crippen molar-refractivity contribution in [1.82, 2.24) is 20.2 Å². The monoisotopic (exact) mass is 393 g/mol. The van der Waals surface area contributed by atoms with Crippen LogP contribution < -0.4 is 5.32 Å². The highest BCUT2D eigenvalue weighted by Gasteiger charge is 2.20. The van der Waals surface area contributed by atoms with Crippen LogP contribution in [0.25, 0.3) is 0 Å². The van der Waals surface area contributed by atoms with Crippen LogP contribution in [0, 0.1) is 0 Å². The summed E-state index contributed by atoms with van der Waals surface area (Å²) in [5.41, 5.74) is -0.236. The van der Waals surface area contributed by atoms with Crippen LogP contribution in [0.2, 0.25) is 5.02 Å². The normalized spacial score (nSPS) is 11.4. The molecule has 0 unspecified atom stereocenters. The molecule has 2 heterocycles. The molecule has 124 valence electrons. The van der Waals surface area contributed by atoms with Gasteiger partial charge in [-0.15, -0.1) is 10.2 Å². The fourth-order valence-electron chi connectivity index (χ4n) is 1.35. The van der Waals surface area contributed by atoms with Gasteiger partial charge in [-0.3, -0.25) is 10.1 Å². The Morgan fingerprint density at radius 3 is 2.83 bits per heavy atom. The van der Waals surface area contributed by atoms with Crippen molar-refractivity contribution in [2.45, 2.75) is 22.8 Å². The highest BCUT2D eigenvalue weighted by molar-refractivity contribution is 8.01. The minimum Gasteiger partial charge on any atom is -0.295 e. The van der Waals surface area contributed by atoms with Gasteiger partial charge in [-0.25, -0.2) is 18.4 Å². The molecule has 8 nitrogen and oxygen atoms in total. The van der Waals surface area contributed by atoms with Crippen LogP contribution in [0.15, 0.2) is 15.7 Å². The molecule has 1 N–H and O–H groups in total. The summed E-state index contributed by atoms with van der Waals surface area (Å²) in [6, 6.07) is 0. The fraction of sp³-hybridized carbons (Fsp3) is 0.364. The molecule has 0 bridgehead atoms. The first kappa shape index (κ1) is 18.0. The predicted octanol–water partition coefficient (Wildman–Crippen LogP) is 2.14. The molecule has 2 rings (SSSR count). The van der Waals surface area contributed by atoms with Gasteiger partial charge in [0.2, 0.25) is 20.1 Å². The maximum atomic E-state index is 12.2. The van der Waals surface area contributed by atoms with Gasteiger partial charge in [-0.1, -0.05) is 41.6 Å². The molecule has 0 spiro atoms. The predicted molar refractivity (Wildman–Crippen MR) is 89.0 cm³/mol. The van der Waals surface area contributed by atoms with Gasteiger partial charge < -0.3 is 0 Å². The summed E-state index contributed by atoms with van der Waals surface area (Å²) in [6.45, 7) is 2.05. The standard InChI is InChI=1S/C11H12ClN5O3S3/c1-3-4-21-11-17-16-9(22-11)15-8(18)7-6(12)5-13-10(14-7)23(2,19)20/h5H,3-4H2,1-2H3,(H,15,16,18). The van der Waals surface area contributed by atoms with Crippen LogP contribution in [-0.4, -0.2) is 46.5 Å². The number of hydrogen-bond donors (Lipinski definition) is 1. The van der Waals surface area contributed by atoms with E-state index in [9.17, 15) is 13.2 Å². The summed E-state index contributed by atoms with van der Waals surface area (Å²) in [4.78, 5) is 19.5. The molecule has 1 amide bonds. The zero-order chi connectivity index (χ0) is 17.0. The number of sulfone groups is 1. The molecule has 0 aliphatic rings. The number of amides is 1. The Kier molecular flexibility index (Phi) is 5.89. The Labute approximate surface area is 146 Å². The maximum absolute atomic E-state index is 12.2. The zero-order valence-electron chi connectivity index (χ0n) is 12.1. The van der Waals surface area contributed by atoms with Crippen molar-refractivity contribution in [3.05, 3.63) is 16.9 Å². The Morgan fingerprint density at radius 1 is 1.43 bits per heavy atom. The van der Waals surface area contributed by atoms with Crippen molar-refractivity contribution >= 4 is 55.6 Å². The molecule has 23 heavy (non-hydrogen) atoms. The Morgan fingerprint density at radius 2 is 2.17 bits per heavy atom. The highest BCUT2D eigenvalue weighted by atomic mass is 35.5. The Balaban J connectivity index is 2.19. The first-order chi connectivity index (χ1) is 10.8. The number of nitrogens with one attached hydrogen (secondary N) is 1. The van der Waals surface area contributed by atoms with E-state index in [2.05, 4.69) is 25.5 Å². The molecule has 0 radical (unpaired) electrons. The van der Waals surface area contributed by atoms with E-state index in [1.807, 2.05) is 6.92 Å². The van der Waals surface area contributed by atoms with Crippen molar-refractivity contribution in [1.29, 1.82) is 0 Å². The van der Waals surface area contributed by atoms with Gasteiger partial charge in [0.25, 0.3) is 5.91 Å². The van der Waals surface area contributed by atoms with Crippen LogP contribution in [0.5, 0.6) is 0 Å². The number of nitrogens with zero attached hydrogens (tertiary/aromatic N) is 4. The van der Waals surface area contributed by atoms with Gasteiger partial charge in [0.1, 0.15) is 0 Å². The lowest BCUT2D eigenvalue weighted by molar-refractivity contribution is 0.102. The first-order valence-electron chi connectivity index (χ1n) is 6.31. The van der Waals surface area contributed by atoms with Crippen molar-refractivity contribution in [3.63, 3.8) is 0 Å². The first-order valence-corrected chi connectivity index (χ1v) is 10.4. The van der Waals surface area contributed by atoms with Gasteiger partial charge >= 0.3 is 0 Å². The van der Waals surface area contributed by atoms with Gasteiger partial charge in [-0.2, -0.15) is 0 Å². The van der Waals surface area contributed by atoms with Crippen LogP contribution in [0.3, 0.4) is 0 Å². The van der Waals surface area contributed by atoms with Crippen molar-refractivity contribution in [2.24, 2.45) is 0 Å². The summed E-state index contributed by atoms with van der Waals surface area (Å²) < 4.78 is 23.6. The summed E-state index contributed by atoms with van der Waals surface area (Å²) in [5.74, 6) is 0.225. The molecule has 0 saturated carbocycles. The molecular weight excluding hydrogens is 382 g/mol. The maximum Gasteiger partial charge on any atom is 0.277 e. The second-order valence-corrected chi connectivity index (χ2v) is 8.93. The average molecular weight is 394 g/mol. The summed E-state index contributed by atoms with van der Waals surface area (Å²) in [7, 11) is -3.64. The molecule has 0 saturated heterocycles. The number of rotatable bonds is 6. The quantitative estimate of drug-likeness (QED) is 0.451. The molecule has 0 aliphatic heterocycles. The van der Waals surface area contributed by atoms with Crippen molar-refractivity contribution in [3.8, 4) is 0 Å². The van der Waals surface area contributed by atoms with Gasteiger partial charge in [-0.05, 0) is 6.42 Å². The minimum atomic E-state index is -3.64. The Bertz CT molecular complexity index is 824. The van der Waals surface area contributed by atoms with Gasteiger partial charge in [0.05, 0.1) is 11.2 Å². The molecule has 12 heteroatoms. The molecule has 0 fully saturated rings. The molecule has 2 aromatic rings. The van der Waals surface area contributed by atoms with E-state index in [1.165, 1.54) is 23.1 Å². The van der Waals surface area contributed by atoms with Crippen molar-refractivity contribution in [2.75, 3.05) is 17.3 Å². The average Bonchev–Trinajstić information content (AvgIpc) is 2.91. The second kappa shape index (κ2) is 7.51. The third-order valence-corrected chi connectivity index (χ3v) is 5.64. The fourth-order valence-corrected chi connectivity index (χ4v) is 3.70. The summed E-state index contributed by atoms with van der Waals surface area (Å²) >= 11 is 8.61. The number of carbonyl (C=O) groups is 1.